The summed E-state index contributed by atoms with van der Waals surface area (Å²) < 4.78 is 26.9. The second kappa shape index (κ2) is 5.04. The van der Waals surface area contributed by atoms with Crippen molar-refractivity contribution in [2.75, 3.05) is 0 Å². The molecule has 0 radical (unpaired) electrons. The van der Waals surface area contributed by atoms with Crippen LogP contribution >= 0.6 is 23.2 Å². The highest BCUT2D eigenvalue weighted by atomic mass is 35.5. The van der Waals surface area contributed by atoms with Gasteiger partial charge in [-0.1, -0.05) is 29.3 Å². The standard InChI is InChI=1S/C13H6Cl2F2O/c14-8-5-4-7(6-9(8)15)13(18)12-10(16)2-1-3-11(12)17/h1-6H. The van der Waals surface area contributed by atoms with E-state index in [9.17, 15) is 13.6 Å². The molecule has 2 aromatic carbocycles. The third kappa shape index (κ3) is 2.37. The molecule has 5 heteroatoms. The van der Waals surface area contributed by atoms with Gasteiger partial charge in [0.25, 0.3) is 0 Å². The summed E-state index contributed by atoms with van der Waals surface area (Å²) in [4.78, 5) is 12.0. The van der Waals surface area contributed by atoms with Crippen molar-refractivity contribution in [1.29, 1.82) is 0 Å². The Hall–Kier alpha value is -1.45. The van der Waals surface area contributed by atoms with Gasteiger partial charge < -0.3 is 0 Å². The molecule has 0 saturated heterocycles. The van der Waals surface area contributed by atoms with Crippen LogP contribution in [0, 0.1) is 11.6 Å². The summed E-state index contributed by atoms with van der Waals surface area (Å²) in [6.07, 6.45) is 0. The van der Waals surface area contributed by atoms with Crippen LogP contribution in [-0.2, 0) is 0 Å². The average Bonchev–Trinajstić information content (AvgIpc) is 2.32. The molecule has 0 aliphatic rings. The van der Waals surface area contributed by atoms with Gasteiger partial charge in [0.1, 0.15) is 11.6 Å². The Morgan fingerprint density at radius 3 is 2.11 bits per heavy atom. The zero-order valence-electron chi connectivity index (χ0n) is 8.88. The summed E-state index contributed by atoms with van der Waals surface area (Å²) in [6, 6.07) is 7.27. The minimum absolute atomic E-state index is 0.0772. The van der Waals surface area contributed by atoms with Crippen molar-refractivity contribution in [3.05, 3.63) is 69.2 Å². The molecule has 0 aliphatic heterocycles. The molecule has 2 rings (SSSR count). The molecule has 0 fully saturated rings. The number of carbonyl (C=O) groups is 1. The summed E-state index contributed by atoms with van der Waals surface area (Å²) in [5.74, 6) is -2.60. The zero-order valence-corrected chi connectivity index (χ0v) is 10.4. The monoisotopic (exact) mass is 286 g/mol. The predicted octanol–water partition coefficient (Wildman–Crippen LogP) is 4.50. The van der Waals surface area contributed by atoms with Crippen LogP contribution in [0.3, 0.4) is 0 Å². The maximum atomic E-state index is 13.4. The summed E-state index contributed by atoms with van der Waals surface area (Å²) >= 11 is 11.5. The fourth-order valence-corrected chi connectivity index (χ4v) is 1.79. The van der Waals surface area contributed by atoms with Crippen LogP contribution in [0.15, 0.2) is 36.4 Å². The van der Waals surface area contributed by atoms with E-state index in [2.05, 4.69) is 0 Å². The average molecular weight is 287 g/mol. The lowest BCUT2D eigenvalue weighted by molar-refractivity contribution is 0.103. The minimum atomic E-state index is -0.911. The molecule has 1 nitrogen and oxygen atoms in total. The molecule has 18 heavy (non-hydrogen) atoms. The van der Waals surface area contributed by atoms with Gasteiger partial charge in [-0.2, -0.15) is 0 Å². The third-order valence-electron chi connectivity index (χ3n) is 2.37. The topological polar surface area (TPSA) is 17.1 Å². The Morgan fingerprint density at radius 1 is 0.944 bits per heavy atom. The Kier molecular flexibility index (Phi) is 3.64. The summed E-state index contributed by atoms with van der Waals surface area (Å²) in [5, 5.41) is 0.418. The molecular formula is C13H6Cl2F2O. The van der Waals surface area contributed by atoms with E-state index < -0.39 is 23.0 Å². The van der Waals surface area contributed by atoms with Crippen molar-refractivity contribution in [2.45, 2.75) is 0 Å². The summed E-state index contributed by atoms with van der Waals surface area (Å²) in [5.41, 5.74) is -0.524. The molecule has 0 aliphatic carbocycles. The van der Waals surface area contributed by atoms with Crippen LogP contribution in [0.4, 0.5) is 8.78 Å². The van der Waals surface area contributed by atoms with Crippen LogP contribution in [0.25, 0.3) is 0 Å². The van der Waals surface area contributed by atoms with E-state index in [1.807, 2.05) is 0 Å². The molecule has 0 N–H and O–H groups in total. The largest absolute Gasteiger partial charge is 0.288 e. The van der Waals surface area contributed by atoms with Crippen LogP contribution in [0.5, 0.6) is 0 Å². The van der Waals surface area contributed by atoms with Crippen LogP contribution < -0.4 is 0 Å². The lowest BCUT2D eigenvalue weighted by Crippen LogP contribution is -2.07. The van der Waals surface area contributed by atoms with E-state index in [0.29, 0.717) is 0 Å². The van der Waals surface area contributed by atoms with Crippen molar-refractivity contribution in [2.24, 2.45) is 0 Å². The smallest absolute Gasteiger partial charge is 0.198 e. The predicted molar refractivity (Wildman–Crippen MR) is 66.3 cm³/mol. The highest BCUT2D eigenvalue weighted by Gasteiger charge is 2.19. The molecule has 0 saturated carbocycles. The van der Waals surface area contributed by atoms with Gasteiger partial charge in [-0.05, 0) is 30.3 Å². The molecule has 0 amide bonds. The first-order valence-electron chi connectivity index (χ1n) is 4.94. The quantitative estimate of drug-likeness (QED) is 0.743. The molecule has 0 heterocycles. The number of rotatable bonds is 2. The van der Waals surface area contributed by atoms with Crippen molar-refractivity contribution in [3.63, 3.8) is 0 Å². The van der Waals surface area contributed by atoms with E-state index in [-0.39, 0.29) is 15.6 Å². The number of hydrogen-bond acceptors (Lipinski definition) is 1. The third-order valence-corrected chi connectivity index (χ3v) is 3.11. The molecule has 0 bridgehead atoms. The van der Waals surface area contributed by atoms with Crippen molar-refractivity contribution >= 4 is 29.0 Å². The lowest BCUT2D eigenvalue weighted by Gasteiger charge is -2.05. The van der Waals surface area contributed by atoms with Gasteiger partial charge in [0, 0.05) is 5.56 Å². The van der Waals surface area contributed by atoms with Gasteiger partial charge in [-0.25, -0.2) is 8.78 Å². The van der Waals surface area contributed by atoms with E-state index in [4.69, 9.17) is 23.2 Å². The highest BCUT2D eigenvalue weighted by molar-refractivity contribution is 6.42. The van der Waals surface area contributed by atoms with E-state index in [1.54, 1.807) is 0 Å². The molecule has 92 valence electrons. The Balaban J connectivity index is 2.51. The molecule has 2 aromatic rings. The molecule has 0 atom stereocenters. The maximum absolute atomic E-state index is 13.4. The summed E-state index contributed by atoms with van der Waals surface area (Å²) in [6.45, 7) is 0. The van der Waals surface area contributed by atoms with Gasteiger partial charge >= 0.3 is 0 Å². The van der Waals surface area contributed by atoms with Gasteiger partial charge in [0.2, 0.25) is 0 Å². The van der Waals surface area contributed by atoms with Gasteiger partial charge in [-0.3, -0.25) is 4.79 Å². The van der Waals surface area contributed by atoms with E-state index in [0.717, 1.165) is 12.1 Å². The van der Waals surface area contributed by atoms with Crippen molar-refractivity contribution in [3.8, 4) is 0 Å². The normalized spacial score (nSPS) is 10.4. The lowest BCUT2D eigenvalue weighted by atomic mass is 10.0. The first-order valence-corrected chi connectivity index (χ1v) is 5.70. The van der Waals surface area contributed by atoms with E-state index >= 15 is 0 Å². The number of carbonyl (C=O) groups excluding carboxylic acids is 1. The first-order chi connectivity index (χ1) is 8.50. The second-order valence-corrected chi connectivity index (χ2v) is 4.37. The fraction of sp³-hybridized carbons (Fsp3) is 0. The second-order valence-electron chi connectivity index (χ2n) is 3.55. The molecular weight excluding hydrogens is 281 g/mol. The van der Waals surface area contributed by atoms with Crippen LogP contribution in [0.1, 0.15) is 15.9 Å². The number of hydrogen-bond donors (Lipinski definition) is 0. The number of halogens is 4. The Morgan fingerprint density at radius 2 is 1.56 bits per heavy atom. The number of benzene rings is 2. The van der Waals surface area contributed by atoms with Gasteiger partial charge in [0.15, 0.2) is 5.78 Å². The molecule has 0 unspecified atom stereocenters. The SMILES string of the molecule is O=C(c1ccc(Cl)c(Cl)c1)c1c(F)cccc1F. The van der Waals surface area contributed by atoms with Crippen molar-refractivity contribution in [1.82, 2.24) is 0 Å². The fourth-order valence-electron chi connectivity index (χ4n) is 1.50. The Bertz CT molecular complexity index is 606. The van der Waals surface area contributed by atoms with Gasteiger partial charge in [0.05, 0.1) is 15.6 Å². The Labute approximate surface area is 112 Å². The first kappa shape index (κ1) is 13.0. The summed E-state index contributed by atoms with van der Waals surface area (Å²) in [7, 11) is 0. The van der Waals surface area contributed by atoms with E-state index in [1.165, 1.54) is 24.3 Å². The minimum Gasteiger partial charge on any atom is -0.288 e. The molecule has 0 aromatic heterocycles. The number of ketones is 1. The maximum Gasteiger partial charge on any atom is 0.198 e. The highest BCUT2D eigenvalue weighted by Crippen LogP contribution is 2.25. The van der Waals surface area contributed by atoms with Crippen LogP contribution in [-0.4, -0.2) is 5.78 Å². The zero-order chi connectivity index (χ0) is 13.3. The van der Waals surface area contributed by atoms with Gasteiger partial charge in [-0.15, -0.1) is 0 Å². The van der Waals surface area contributed by atoms with Crippen molar-refractivity contribution < 1.29 is 13.6 Å². The molecule has 0 spiro atoms. The van der Waals surface area contributed by atoms with Crippen LogP contribution in [0.2, 0.25) is 10.0 Å².